The highest BCUT2D eigenvalue weighted by Crippen LogP contribution is 2.37. The van der Waals surface area contributed by atoms with Crippen molar-refractivity contribution in [2.75, 3.05) is 12.5 Å². The zero-order chi connectivity index (χ0) is 9.28. The molecular weight excluding hydrogens is 173 g/mol. The lowest BCUT2D eigenvalue weighted by Gasteiger charge is -2.24. The molecule has 0 saturated carbocycles. The summed E-state index contributed by atoms with van der Waals surface area (Å²) in [5.74, 6) is 0. The van der Waals surface area contributed by atoms with Crippen LogP contribution in [0.15, 0.2) is 0 Å². The van der Waals surface area contributed by atoms with E-state index in [1.165, 1.54) is 19.2 Å². The van der Waals surface area contributed by atoms with E-state index in [1.54, 1.807) is 12.5 Å². The van der Waals surface area contributed by atoms with Gasteiger partial charge in [-0.05, 0) is 31.7 Å². The summed E-state index contributed by atoms with van der Waals surface area (Å²) in [6.07, 6.45) is -0.578. The van der Waals surface area contributed by atoms with E-state index in [2.05, 4.69) is 0 Å². The predicted molar refractivity (Wildman–Crippen MR) is 45.3 cm³/mol. The van der Waals surface area contributed by atoms with E-state index < -0.39 is 11.6 Å². The fourth-order valence-corrected chi connectivity index (χ4v) is 1.97. The quantitative estimate of drug-likeness (QED) is 0.552. The van der Waals surface area contributed by atoms with Crippen molar-refractivity contribution in [2.45, 2.75) is 20.0 Å². The Hall–Kier alpha value is 0.01000. The van der Waals surface area contributed by atoms with Crippen molar-refractivity contribution in [1.82, 2.24) is 0 Å². The Morgan fingerprint density at radius 1 is 1.09 bits per heavy atom. The van der Waals surface area contributed by atoms with Gasteiger partial charge in [0.05, 0.1) is 5.41 Å². The molecule has 0 bridgehead atoms. The molecule has 0 radical (unpaired) electrons. The first kappa shape index (κ1) is 11.0. The van der Waals surface area contributed by atoms with Gasteiger partial charge >= 0.3 is 6.18 Å². The molecule has 0 nitrogen and oxygen atoms in total. The Morgan fingerprint density at radius 3 is 1.55 bits per heavy atom. The van der Waals surface area contributed by atoms with E-state index in [4.69, 9.17) is 0 Å². The maximum absolute atomic E-state index is 12.2. The minimum absolute atomic E-state index is 0.276. The van der Waals surface area contributed by atoms with Crippen LogP contribution in [0.4, 0.5) is 13.2 Å². The molecule has 0 aliphatic rings. The van der Waals surface area contributed by atoms with Gasteiger partial charge in [-0.3, -0.25) is 0 Å². The first-order valence-corrected chi connectivity index (χ1v) is 5.26. The molecule has 0 amide bonds. The molecule has 0 saturated heterocycles. The smallest absolute Gasteiger partial charge is 0.195 e. The lowest BCUT2D eigenvalue weighted by Crippen LogP contribution is -2.33. The summed E-state index contributed by atoms with van der Waals surface area (Å²) in [6, 6.07) is 0. The molecule has 0 aromatic carbocycles. The molecule has 0 aromatic heterocycles. The average Bonchev–Trinajstić information content (AvgIpc) is 1.56. The second-order valence-corrected chi connectivity index (χ2v) is 5.21. The van der Waals surface area contributed by atoms with Crippen LogP contribution in [0.25, 0.3) is 0 Å². The monoisotopic (exact) mass is 186 g/mol. The Bertz CT molecular complexity index is 163. The number of rotatable bonds is 1. The van der Waals surface area contributed by atoms with E-state index in [9.17, 15) is 13.2 Å². The summed E-state index contributed by atoms with van der Waals surface area (Å²) in [6.45, 7) is 2.39. The van der Waals surface area contributed by atoms with Crippen molar-refractivity contribution < 1.29 is 13.2 Å². The van der Waals surface area contributed by atoms with Crippen molar-refractivity contribution in [3.8, 4) is 0 Å². The van der Waals surface area contributed by atoms with Gasteiger partial charge in [-0.25, -0.2) is 0 Å². The molecule has 4 heteroatoms. The first-order valence-electron chi connectivity index (χ1n) is 3.16. The Labute approximate surface area is 67.7 Å². The third-order valence-corrected chi connectivity index (χ3v) is 2.32. The van der Waals surface area contributed by atoms with Gasteiger partial charge in [0.15, 0.2) is 0 Å². The van der Waals surface area contributed by atoms with Crippen LogP contribution in [0.5, 0.6) is 0 Å². The molecule has 0 aromatic rings. The third kappa shape index (κ3) is 3.27. The van der Waals surface area contributed by atoms with Gasteiger partial charge in [-0.2, -0.15) is 23.7 Å². The van der Waals surface area contributed by atoms with Gasteiger partial charge in [0.2, 0.25) is 0 Å². The van der Waals surface area contributed by atoms with Gasteiger partial charge in [0.25, 0.3) is 0 Å². The van der Waals surface area contributed by atoms with Crippen LogP contribution in [0.2, 0.25) is 0 Å². The van der Waals surface area contributed by atoms with Crippen LogP contribution in [0.3, 0.4) is 0 Å². The van der Waals surface area contributed by atoms with Gasteiger partial charge in [0, 0.05) is 0 Å². The van der Waals surface area contributed by atoms with Crippen molar-refractivity contribution >= 4 is 15.9 Å². The average molecular weight is 186 g/mol. The van der Waals surface area contributed by atoms with E-state index in [-0.39, 0.29) is 10.5 Å². The van der Waals surface area contributed by atoms with E-state index in [0.717, 1.165) is 0 Å². The first-order chi connectivity index (χ1) is 4.67. The zero-order valence-electron chi connectivity index (χ0n) is 7.12. The standard InChI is InChI=1S/C7H13F3S/c1-6(2,5-11(3)4)7(8,9)10/h5H,1-4H3. The fourth-order valence-electron chi connectivity index (χ4n) is 0.656. The Balaban J connectivity index is 4.61. The summed E-state index contributed by atoms with van der Waals surface area (Å²) in [5, 5.41) is 1.34. The summed E-state index contributed by atoms with van der Waals surface area (Å²) in [5.41, 5.74) is -1.65. The van der Waals surface area contributed by atoms with Crippen molar-refractivity contribution in [3.05, 3.63) is 0 Å². The number of hydrogen-bond acceptors (Lipinski definition) is 0. The maximum atomic E-state index is 12.2. The predicted octanol–water partition coefficient (Wildman–Crippen LogP) is 2.91. The van der Waals surface area contributed by atoms with Crippen molar-refractivity contribution in [3.63, 3.8) is 0 Å². The minimum Gasteiger partial charge on any atom is -0.195 e. The molecule has 0 N–H and O–H groups in total. The van der Waals surface area contributed by atoms with Crippen LogP contribution >= 0.6 is 10.5 Å². The SMILES string of the molecule is CS(C)=CC(C)(C)C(F)(F)F. The van der Waals surface area contributed by atoms with Gasteiger partial charge in [-0.1, -0.05) is 0 Å². The van der Waals surface area contributed by atoms with E-state index in [1.807, 2.05) is 0 Å². The summed E-state index contributed by atoms with van der Waals surface area (Å²) in [4.78, 5) is 0. The molecule has 68 valence electrons. The summed E-state index contributed by atoms with van der Waals surface area (Å²) < 4.78 is 36.5. The van der Waals surface area contributed by atoms with Crippen LogP contribution in [0, 0.1) is 5.41 Å². The highest BCUT2D eigenvalue weighted by molar-refractivity contribution is 8.13. The third-order valence-electron chi connectivity index (χ3n) is 1.26. The number of hydrogen-bond donors (Lipinski definition) is 0. The minimum atomic E-state index is -4.12. The van der Waals surface area contributed by atoms with Crippen LogP contribution < -0.4 is 0 Å². The lowest BCUT2D eigenvalue weighted by molar-refractivity contribution is -0.183. The Kier molecular flexibility index (Phi) is 3.17. The highest BCUT2D eigenvalue weighted by Gasteiger charge is 2.45. The molecule has 0 heterocycles. The van der Waals surface area contributed by atoms with Gasteiger partial charge in [-0.15, -0.1) is 0 Å². The largest absolute Gasteiger partial charge is 0.397 e. The van der Waals surface area contributed by atoms with Crippen molar-refractivity contribution in [2.24, 2.45) is 5.41 Å². The molecule has 11 heavy (non-hydrogen) atoms. The Morgan fingerprint density at radius 2 is 1.45 bits per heavy atom. The summed E-state index contributed by atoms with van der Waals surface area (Å²) >= 11 is 0. The topological polar surface area (TPSA) is 0 Å². The fraction of sp³-hybridized carbons (Fsp3) is 0.857. The van der Waals surface area contributed by atoms with Crippen LogP contribution in [-0.4, -0.2) is 24.1 Å². The molecule has 0 fully saturated rings. The number of halogens is 3. The molecular formula is C7H13F3S. The molecule has 0 atom stereocenters. The van der Waals surface area contributed by atoms with Gasteiger partial charge in [0.1, 0.15) is 0 Å². The second-order valence-electron chi connectivity index (χ2n) is 3.22. The van der Waals surface area contributed by atoms with Crippen molar-refractivity contribution in [1.29, 1.82) is 0 Å². The molecule has 0 unspecified atom stereocenters. The van der Waals surface area contributed by atoms with Gasteiger partial charge < -0.3 is 0 Å². The van der Waals surface area contributed by atoms with E-state index >= 15 is 0 Å². The normalized spacial score (nSPS) is 13.8. The lowest BCUT2D eigenvalue weighted by atomic mass is 9.96. The molecule has 0 aliphatic carbocycles. The second kappa shape index (κ2) is 3.17. The highest BCUT2D eigenvalue weighted by atomic mass is 32.2. The van der Waals surface area contributed by atoms with Crippen LogP contribution in [0.1, 0.15) is 13.8 Å². The van der Waals surface area contributed by atoms with Crippen LogP contribution in [-0.2, 0) is 0 Å². The summed E-state index contributed by atoms with van der Waals surface area (Å²) in [7, 11) is -0.276. The zero-order valence-corrected chi connectivity index (χ0v) is 7.94. The maximum Gasteiger partial charge on any atom is 0.397 e. The molecule has 0 spiro atoms. The molecule has 0 rings (SSSR count). The molecule has 0 aliphatic heterocycles. The van der Waals surface area contributed by atoms with E-state index in [0.29, 0.717) is 0 Å². The number of alkyl halides is 3.